The Balaban J connectivity index is 2.36. The maximum atomic E-state index is 13.4. The maximum Gasteiger partial charge on any atom is 0.340 e. The lowest BCUT2D eigenvalue weighted by molar-refractivity contribution is -0.103. The van der Waals surface area contributed by atoms with Crippen LogP contribution in [0.3, 0.4) is 0 Å². The van der Waals surface area contributed by atoms with E-state index in [1.165, 1.54) is 0 Å². The predicted molar refractivity (Wildman–Crippen MR) is 64.5 cm³/mol. The lowest BCUT2D eigenvalue weighted by atomic mass is 10.2. The van der Waals surface area contributed by atoms with E-state index >= 15 is 0 Å². The van der Waals surface area contributed by atoms with Crippen molar-refractivity contribution in [3.63, 3.8) is 0 Å². The zero-order chi connectivity index (χ0) is 14.2. The second-order valence-corrected chi connectivity index (χ2v) is 6.71. The number of rotatable bonds is 3. The van der Waals surface area contributed by atoms with E-state index in [0.29, 0.717) is 6.07 Å². The molecule has 1 heterocycles. The van der Waals surface area contributed by atoms with Crippen LogP contribution in [0, 0.1) is 5.82 Å². The third-order valence-corrected chi connectivity index (χ3v) is 4.03. The van der Waals surface area contributed by atoms with Gasteiger partial charge in [0.2, 0.25) is 0 Å². The molecular weight excluding hydrogens is 322 g/mol. The molecule has 0 aromatic heterocycles. The number of hydrogen-bond acceptors (Lipinski definition) is 5. The lowest BCUT2D eigenvalue weighted by Gasteiger charge is -2.25. The van der Waals surface area contributed by atoms with E-state index in [-0.39, 0.29) is 23.8 Å². The molecule has 0 bridgehead atoms. The molecule has 1 saturated heterocycles. The first-order valence-electron chi connectivity index (χ1n) is 5.01. The van der Waals surface area contributed by atoms with Crippen molar-refractivity contribution in [3.05, 3.63) is 28.5 Å². The van der Waals surface area contributed by atoms with Gasteiger partial charge in [-0.3, -0.25) is 0 Å². The topological polar surface area (TPSA) is 69.7 Å². The summed E-state index contributed by atoms with van der Waals surface area (Å²) in [6.07, 6.45) is -0.412. The fourth-order valence-electron chi connectivity index (χ4n) is 1.37. The first-order valence-corrected chi connectivity index (χ1v) is 7.70. The average Bonchev–Trinajstić information content (AvgIpc) is 2.21. The van der Waals surface area contributed by atoms with Crippen molar-refractivity contribution in [2.45, 2.75) is 11.0 Å². The Bertz CT molecular complexity index is 627. The monoisotopic (exact) mass is 328 g/mol. The predicted octanol–water partition coefficient (Wildman–Crippen LogP) is 1.96. The van der Waals surface area contributed by atoms with Crippen LogP contribution in [0.15, 0.2) is 17.0 Å². The van der Waals surface area contributed by atoms with Gasteiger partial charge in [-0.1, -0.05) is 11.6 Å². The molecule has 0 unspecified atom stereocenters. The minimum atomic E-state index is -4.32. The van der Waals surface area contributed by atoms with Gasteiger partial charge in [-0.05, 0) is 12.1 Å². The number of halogens is 3. The highest BCUT2D eigenvalue weighted by molar-refractivity contribution is 8.13. The van der Waals surface area contributed by atoms with E-state index in [1.54, 1.807) is 0 Å². The Labute approximate surface area is 117 Å². The fourth-order valence-corrected chi connectivity index (χ4v) is 2.50. The molecule has 0 N–H and O–H groups in total. The molecule has 104 valence electrons. The summed E-state index contributed by atoms with van der Waals surface area (Å²) in [7, 11) is 0.734. The fraction of sp³-hybridized carbons (Fsp3) is 0.300. The van der Waals surface area contributed by atoms with Crippen molar-refractivity contribution in [1.29, 1.82) is 0 Å². The molecule has 1 fully saturated rings. The van der Waals surface area contributed by atoms with Crippen molar-refractivity contribution < 1.29 is 27.1 Å². The van der Waals surface area contributed by atoms with Crippen LogP contribution in [-0.2, 0) is 18.5 Å². The second kappa shape index (κ2) is 5.24. The molecule has 9 heteroatoms. The van der Waals surface area contributed by atoms with E-state index in [9.17, 15) is 17.6 Å². The van der Waals surface area contributed by atoms with Crippen LogP contribution in [0.25, 0.3) is 0 Å². The van der Waals surface area contributed by atoms with Crippen LogP contribution >= 0.6 is 22.3 Å². The average molecular weight is 329 g/mol. The van der Waals surface area contributed by atoms with Gasteiger partial charge >= 0.3 is 5.97 Å². The number of esters is 1. The summed E-state index contributed by atoms with van der Waals surface area (Å²) in [5.41, 5.74) is -0.269. The van der Waals surface area contributed by atoms with Gasteiger partial charge in [-0.15, -0.1) is 0 Å². The van der Waals surface area contributed by atoms with Crippen LogP contribution in [0.4, 0.5) is 4.39 Å². The number of benzene rings is 1. The van der Waals surface area contributed by atoms with Crippen LogP contribution < -0.4 is 0 Å². The number of carbonyl (C=O) groups is 1. The molecule has 1 aliphatic heterocycles. The normalized spacial score (nSPS) is 15.9. The van der Waals surface area contributed by atoms with Crippen LogP contribution in [-0.4, -0.2) is 33.7 Å². The van der Waals surface area contributed by atoms with Crippen LogP contribution in [0.2, 0.25) is 5.02 Å². The minimum Gasteiger partial charge on any atom is -0.454 e. The highest BCUT2D eigenvalue weighted by Crippen LogP contribution is 2.27. The number of ether oxygens (including phenoxy) is 2. The lowest BCUT2D eigenvalue weighted by Crippen LogP contribution is -2.37. The molecule has 0 atom stereocenters. The molecule has 1 aromatic carbocycles. The van der Waals surface area contributed by atoms with Crippen molar-refractivity contribution >= 4 is 37.3 Å². The zero-order valence-corrected chi connectivity index (χ0v) is 11.6. The smallest absolute Gasteiger partial charge is 0.340 e. The summed E-state index contributed by atoms with van der Waals surface area (Å²) >= 11 is 5.68. The molecule has 1 aromatic rings. The summed E-state index contributed by atoms with van der Waals surface area (Å²) in [4.78, 5) is 10.9. The largest absolute Gasteiger partial charge is 0.454 e. The van der Waals surface area contributed by atoms with Crippen LogP contribution in [0.5, 0.6) is 0 Å². The Morgan fingerprint density at radius 1 is 1.42 bits per heavy atom. The molecule has 0 aliphatic carbocycles. The highest BCUT2D eigenvalue weighted by atomic mass is 35.7. The molecule has 0 saturated carbocycles. The van der Waals surface area contributed by atoms with Crippen molar-refractivity contribution in [2.75, 3.05) is 13.2 Å². The van der Waals surface area contributed by atoms with Gasteiger partial charge in [0.15, 0.2) is 0 Å². The quantitative estimate of drug-likeness (QED) is 0.626. The first-order chi connectivity index (χ1) is 8.79. The molecule has 2 rings (SSSR count). The summed E-state index contributed by atoms with van der Waals surface area (Å²) in [6.45, 7) is 0.510. The van der Waals surface area contributed by atoms with Gasteiger partial charge < -0.3 is 9.47 Å². The van der Waals surface area contributed by atoms with Crippen LogP contribution in [0.1, 0.15) is 10.4 Å². The maximum absolute atomic E-state index is 13.4. The van der Waals surface area contributed by atoms with Crippen molar-refractivity contribution in [3.8, 4) is 0 Å². The Morgan fingerprint density at radius 2 is 2.05 bits per heavy atom. The zero-order valence-electron chi connectivity index (χ0n) is 9.23. The third kappa shape index (κ3) is 3.17. The summed E-state index contributed by atoms with van der Waals surface area (Å²) in [6, 6.07) is 1.45. The molecule has 5 nitrogen and oxygen atoms in total. The Morgan fingerprint density at radius 3 is 2.53 bits per heavy atom. The van der Waals surface area contributed by atoms with Gasteiger partial charge in [-0.25, -0.2) is 17.6 Å². The molecule has 0 radical (unpaired) electrons. The third-order valence-electron chi connectivity index (χ3n) is 2.39. The molecule has 19 heavy (non-hydrogen) atoms. The van der Waals surface area contributed by atoms with E-state index in [1.807, 2.05) is 0 Å². The van der Waals surface area contributed by atoms with Gasteiger partial charge in [0.25, 0.3) is 9.05 Å². The number of carbonyl (C=O) groups excluding carboxylic acids is 1. The van der Waals surface area contributed by atoms with Crippen molar-refractivity contribution in [2.24, 2.45) is 0 Å². The highest BCUT2D eigenvalue weighted by Gasteiger charge is 2.27. The summed E-state index contributed by atoms with van der Waals surface area (Å²) in [5, 5.41) is -0.258. The van der Waals surface area contributed by atoms with Gasteiger partial charge in [0, 0.05) is 10.7 Å². The second-order valence-electron chi connectivity index (χ2n) is 3.77. The minimum absolute atomic E-state index is 0.255. The SMILES string of the molecule is O=C(OC1COC1)c1cc(S(=O)(=O)Cl)c(F)cc1Cl. The first kappa shape index (κ1) is 14.5. The van der Waals surface area contributed by atoms with Gasteiger partial charge in [0.1, 0.15) is 16.8 Å². The Kier molecular flexibility index (Phi) is 4.00. The van der Waals surface area contributed by atoms with Gasteiger partial charge in [-0.2, -0.15) is 0 Å². The Hall–Kier alpha value is -0.890. The molecule has 0 spiro atoms. The van der Waals surface area contributed by atoms with E-state index in [2.05, 4.69) is 0 Å². The van der Waals surface area contributed by atoms with E-state index < -0.39 is 31.8 Å². The van der Waals surface area contributed by atoms with E-state index in [4.69, 9.17) is 31.8 Å². The summed E-state index contributed by atoms with van der Waals surface area (Å²) < 4.78 is 45.5. The standard InChI is InChI=1S/C10H7Cl2FO5S/c11-7-2-8(13)9(19(12,15)16)1-6(7)10(14)18-5-3-17-4-5/h1-2,5H,3-4H2. The number of hydrogen-bond donors (Lipinski definition) is 0. The van der Waals surface area contributed by atoms with Crippen molar-refractivity contribution in [1.82, 2.24) is 0 Å². The summed E-state index contributed by atoms with van der Waals surface area (Å²) in [5.74, 6) is -2.00. The van der Waals surface area contributed by atoms with E-state index in [0.717, 1.165) is 6.07 Å². The molecule has 1 aliphatic rings. The molecular formula is C10H7Cl2FO5S. The van der Waals surface area contributed by atoms with Gasteiger partial charge in [0.05, 0.1) is 23.8 Å². The molecule has 0 amide bonds.